The minimum atomic E-state index is -0.490. The lowest BCUT2D eigenvalue weighted by atomic mass is 9.72. The van der Waals surface area contributed by atoms with Crippen molar-refractivity contribution in [3.8, 4) is 0 Å². The molecule has 2 aliphatic rings. The molecule has 1 N–H and O–H groups in total. The number of rotatable bonds is 1. The van der Waals surface area contributed by atoms with Crippen LogP contribution in [0.15, 0.2) is 23.9 Å². The quantitative estimate of drug-likeness (QED) is 0.713. The Morgan fingerprint density at radius 1 is 1.47 bits per heavy atom. The van der Waals surface area contributed by atoms with E-state index in [1.165, 1.54) is 18.4 Å². The van der Waals surface area contributed by atoms with Gasteiger partial charge in [-0.15, -0.1) is 0 Å². The Kier molecular flexibility index (Phi) is 2.87. The molecule has 2 atom stereocenters. The van der Waals surface area contributed by atoms with Crippen molar-refractivity contribution in [3.63, 3.8) is 0 Å². The number of nitrogens with zero attached hydrogens (tertiary/aromatic N) is 1. The van der Waals surface area contributed by atoms with Crippen LogP contribution in [0.5, 0.6) is 0 Å². The third-order valence-corrected chi connectivity index (χ3v) is 3.71. The fraction of sp³-hybridized carbons (Fsp3) is 0.692. The molecule has 2 nitrogen and oxygen atoms in total. The monoisotopic (exact) mass is 207 g/mol. The number of likely N-dealkylation sites (N-methyl/N-ethyl adjacent to an activating group) is 1. The van der Waals surface area contributed by atoms with E-state index in [0.717, 1.165) is 19.4 Å². The molecule has 0 spiro atoms. The molecule has 1 aliphatic carbocycles. The van der Waals surface area contributed by atoms with E-state index < -0.39 is 5.60 Å². The van der Waals surface area contributed by atoms with Gasteiger partial charge >= 0.3 is 0 Å². The Balaban J connectivity index is 2.15. The highest BCUT2D eigenvalue weighted by Crippen LogP contribution is 2.38. The van der Waals surface area contributed by atoms with E-state index in [1.807, 2.05) is 6.92 Å². The lowest BCUT2D eigenvalue weighted by Crippen LogP contribution is -2.40. The fourth-order valence-electron chi connectivity index (χ4n) is 2.83. The average molecular weight is 207 g/mol. The maximum absolute atomic E-state index is 10.4. The van der Waals surface area contributed by atoms with Gasteiger partial charge in [0.05, 0.1) is 5.60 Å². The molecule has 2 rings (SSSR count). The van der Waals surface area contributed by atoms with Crippen LogP contribution in [0.1, 0.15) is 32.6 Å². The van der Waals surface area contributed by atoms with Crippen LogP contribution in [0.4, 0.5) is 0 Å². The second kappa shape index (κ2) is 4.01. The lowest BCUT2D eigenvalue weighted by Gasteiger charge is -2.40. The van der Waals surface area contributed by atoms with E-state index in [1.54, 1.807) is 0 Å². The number of allylic oxidation sites excluding steroid dienone is 2. The van der Waals surface area contributed by atoms with Crippen LogP contribution in [0, 0.1) is 5.92 Å². The SMILES string of the molecule is CN1C=CC=C(C2CCCCC2(C)O)C1. The first-order chi connectivity index (χ1) is 7.09. The van der Waals surface area contributed by atoms with Crippen molar-refractivity contribution in [2.75, 3.05) is 13.6 Å². The molecular weight excluding hydrogens is 186 g/mol. The zero-order valence-corrected chi connectivity index (χ0v) is 9.74. The molecule has 1 saturated carbocycles. The summed E-state index contributed by atoms with van der Waals surface area (Å²) in [6.45, 7) is 2.97. The molecule has 1 aliphatic heterocycles. The van der Waals surface area contributed by atoms with Gasteiger partial charge in [0.1, 0.15) is 0 Å². The van der Waals surface area contributed by atoms with E-state index in [4.69, 9.17) is 0 Å². The van der Waals surface area contributed by atoms with Crippen molar-refractivity contribution in [1.82, 2.24) is 4.90 Å². The summed E-state index contributed by atoms with van der Waals surface area (Å²) in [6.07, 6.45) is 10.9. The first kappa shape index (κ1) is 10.7. The van der Waals surface area contributed by atoms with E-state index in [9.17, 15) is 5.11 Å². The number of hydrogen-bond acceptors (Lipinski definition) is 2. The largest absolute Gasteiger partial charge is 0.390 e. The first-order valence-corrected chi connectivity index (χ1v) is 5.89. The number of aliphatic hydroxyl groups is 1. The highest BCUT2D eigenvalue weighted by Gasteiger charge is 2.36. The topological polar surface area (TPSA) is 23.5 Å². The van der Waals surface area contributed by atoms with Gasteiger partial charge in [-0.3, -0.25) is 0 Å². The molecule has 0 aromatic rings. The smallest absolute Gasteiger partial charge is 0.0685 e. The minimum Gasteiger partial charge on any atom is -0.390 e. The van der Waals surface area contributed by atoms with Gasteiger partial charge in [0.2, 0.25) is 0 Å². The van der Waals surface area contributed by atoms with Gasteiger partial charge in [0, 0.05) is 19.5 Å². The molecule has 2 unspecified atom stereocenters. The van der Waals surface area contributed by atoms with Crippen LogP contribution in [0.25, 0.3) is 0 Å². The summed E-state index contributed by atoms with van der Waals surface area (Å²) in [5.74, 6) is 0.360. The van der Waals surface area contributed by atoms with Gasteiger partial charge in [-0.05, 0) is 37.6 Å². The zero-order valence-electron chi connectivity index (χ0n) is 9.74. The molecule has 0 amide bonds. The third-order valence-electron chi connectivity index (χ3n) is 3.71. The van der Waals surface area contributed by atoms with E-state index >= 15 is 0 Å². The van der Waals surface area contributed by atoms with Crippen molar-refractivity contribution in [1.29, 1.82) is 0 Å². The molecule has 15 heavy (non-hydrogen) atoms. The molecule has 84 valence electrons. The molecule has 2 heteroatoms. The van der Waals surface area contributed by atoms with Gasteiger partial charge in [-0.2, -0.15) is 0 Å². The van der Waals surface area contributed by atoms with Crippen molar-refractivity contribution < 1.29 is 5.11 Å². The fourth-order valence-corrected chi connectivity index (χ4v) is 2.83. The highest BCUT2D eigenvalue weighted by molar-refractivity contribution is 5.23. The molecule has 0 saturated heterocycles. The summed E-state index contributed by atoms with van der Waals surface area (Å²) in [5, 5.41) is 10.4. The Morgan fingerprint density at radius 3 is 2.93 bits per heavy atom. The Bertz CT molecular complexity index is 291. The van der Waals surface area contributed by atoms with Crippen molar-refractivity contribution in [2.24, 2.45) is 5.92 Å². The summed E-state index contributed by atoms with van der Waals surface area (Å²) in [7, 11) is 2.08. The molecular formula is C13H21NO. The summed E-state index contributed by atoms with van der Waals surface area (Å²) in [5.41, 5.74) is 0.903. The molecule has 0 radical (unpaired) electrons. The van der Waals surface area contributed by atoms with E-state index in [0.29, 0.717) is 5.92 Å². The first-order valence-electron chi connectivity index (χ1n) is 5.89. The summed E-state index contributed by atoms with van der Waals surface area (Å²) in [4.78, 5) is 2.18. The van der Waals surface area contributed by atoms with Crippen LogP contribution >= 0.6 is 0 Å². The summed E-state index contributed by atoms with van der Waals surface area (Å²) < 4.78 is 0. The van der Waals surface area contributed by atoms with Crippen molar-refractivity contribution in [2.45, 2.75) is 38.2 Å². The Morgan fingerprint density at radius 2 is 2.27 bits per heavy atom. The maximum Gasteiger partial charge on any atom is 0.0685 e. The van der Waals surface area contributed by atoms with Crippen LogP contribution in [-0.4, -0.2) is 29.2 Å². The van der Waals surface area contributed by atoms with Crippen molar-refractivity contribution >= 4 is 0 Å². The highest BCUT2D eigenvalue weighted by atomic mass is 16.3. The zero-order chi connectivity index (χ0) is 10.9. The van der Waals surface area contributed by atoms with E-state index in [2.05, 4.69) is 30.3 Å². The van der Waals surface area contributed by atoms with Gasteiger partial charge in [0.25, 0.3) is 0 Å². The third kappa shape index (κ3) is 2.25. The maximum atomic E-state index is 10.4. The average Bonchev–Trinajstić information content (AvgIpc) is 2.17. The predicted octanol–water partition coefficient (Wildman–Crippen LogP) is 2.31. The molecule has 0 aromatic carbocycles. The lowest BCUT2D eigenvalue weighted by molar-refractivity contribution is -0.0183. The van der Waals surface area contributed by atoms with Crippen LogP contribution in [-0.2, 0) is 0 Å². The molecule has 0 aromatic heterocycles. The Hall–Kier alpha value is -0.760. The summed E-state index contributed by atoms with van der Waals surface area (Å²) in [6, 6.07) is 0. The Labute approximate surface area is 92.3 Å². The second-order valence-corrected chi connectivity index (χ2v) is 5.15. The number of hydrogen-bond donors (Lipinski definition) is 1. The van der Waals surface area contributed by atoms with Gasteiger partial charge < -0.3 is 10.0 Å². The van der Waals surface area contributed by atoms with Gasteiger partial charge in [-0.1, -0.05) is 18.9 Å². The molecule has 0 bridgehead atoms. The summed E-state index contributed by atoms with van der Waals surface area (Å²) >= 11 is 0. The molecule has 1 heterocycles. The minimum absolute atomic E-state index is 0.360. The van der Waals surface area contributed by atoms with Gasteiger partial charge in [-0.25, -0.2) is 0 Å². The van der Waals surface area contributed by atoms with Gasteiger partial charge in [0.15, 0.2) is 0 Å². The van der Waals surface area contributed by atoms with Crippen LogP contribution in [0.2, 0.25) is 0 Å². The molecule has 1 fully saturated rings. The van der Waals surface area contributed by atoms with E-state index in [-0.39, 0.29) is 0 Å². The van der Waals surface area contributed by atoms with Crippen molar-refractivity contribution in [3.05, 3.63) is 23.9 Å². The normalized spacial score (nSPS) is 36.6. The van der Waals surface area contributed by atoms with Crippen LogP contribution in [0.3, 0.4) is 0 Å². The predicted molar refractivity (Wildman–Crippen MR) is 62.4 cm³/mol. The standard InChI is InChI=1S/C13H21NO/c1-13(15)8-4-3-7-12(13)11-6-5-9-14(2)10-11/h5-6,9,12,15H,3-4,7-8,10H2,1-2H3. The second-order valence-electron chi connectivity index (χ2n) is 5.15. The van der Waals surface area contributed by atoms with Crippen LogP contribution < -0.4 is 0 Å².